The topological polar surface area (TPSA) is 35.5 Å². The van der Waals surface area contributed by atoms with Gasteiger partial charge in [-0.15, -0.1) is 0 Å². The van der Waals surface area contributed by atoms with Crippen LogP contribution in [0.1, 0.15) is 19.8 Å². The van der Waals surface area contributed by atoms with Crippen molar-refractivity contribution in [2.24, 2.45) is 0 Å². The number of alkyl halides is 3. The summed E-state index contributed by atoms with van der Waals surface area (Å²) < 4.78 is 45.2. The summed E-state index contributed by atoms with van der Waals surface area (Å²) >= 11 is 0. The molecule has 0 saturated carbocycles. The van der Waals surface area contributed by atoms with E-state index in [0.29, 0.717) is 19.4 Å². The molecule has 0 spiro atoms. The third kappa shape index (κ3) is 3.84. The van der Waals surface area contributed by atoms with Crippen molar-refractivity contribution in [1.82, 2.24) is 0 Å². The van der Waals surface area contributed by atoms with Gasteiger partial charge in [-0.05, 0) is 19.8 Å². The van der Waals surface area contributed by atoms with Crippen LogP contribution in [0.4, 0.5) is 13.2 Å². The van der Waals surface area contributed by atoms with E-state index >= 15 is 0 Å². The Morgan fingerprint density at radius 2 is 2.19 bits per heavy atom. The Kier molecular flexibility index (Phi) is 3.96. The predicted octanol–water partition coefficient (Wildman–Crippen LogP) is 2.22. The molecule has 0 aromatic heterocycles. The van der Waals surface area contributed by atoms with E-state index in [1.807, 2.05) is 12.2 Å². The van der Waals surface area contributed by atoms with Gasteiger partial charge in [0.15, 0.2) is 0 Å². The number of rotatable bonds is 2. The van der Waals surface area contributed by atoms with E-state index in [1.54, 1.807) is 6.92 Å². The highest BCUT2D eigenvalue weighted by Crippen LogP contribution is 2.23. The minimum Gasteiger partial charge on any atom is -0.456 e. The minimum absolute atomic E-state index is 0.393. The highest BCUT2D eigenvalue weighted by Gasteiger charge is 2.42. The molecule has 0 aliphatic carbocycles. The number of carbonyl (C=O) groups is 1. The van der Waals surface area contributed by atoms with Crippen LogP contribution in [0, 0.1) is 0 Å². The van der Waals surface area contributed by atoms with Crippen LogP contribution in [0.5, 0.6) is 0 Å². The molecule has 1 rings (SSSR count). The average molecular weight is 238 g/mol. The molecule has 0 aromatic carbocycles. The average Bonchev–Trinajstić information content (AvgIpc) is 2.39. The maximum atomic E-state index is 11.9. The number of carbonyl (C=O) groups excluding carboxylic acids is 1. The van der Waals surface area contributed by atoms with Crippen LogP contribution in [0.25, 0.3) is 0 Å². The first kappa shape index (κ1) is 13.0. The number of esters is 1. The fourth-order valence-corrected chi connectivity index (χ4v) is 1.28. The quantitative estimate of drug-likeness (QED) is 0.546. The maximum absolute atomic E-state index is 11.9. The van der Waals surface area contributed by atoms with E-state index in [2.05, 4.69) is 4.74 Å². The van der Waals surface area contributed by atoms with Gasteiger partial charge in [-0.1, -0.05) is 12.2 Å². The molecule has 1 aliphatic heterocycles. The van der Waals surface area contributed by atoms with Gasteiger partial charge in [-0.2, -0.15) is 13.2 Å². The highest BCUT2D eigenvalue weighted by molar-refractivity contribution is 5.75. The molecule has 92 valence electrons. The molecular formula is C10H13F3O3. The molecule has 0 amide bonds. The summed E-state index contributed by atoms with van der Waals surface area (Å²) in [5.41, 5.74) is -0.867. The zero-order valence-corrected chi connectivity index (χ0v) is 8.84. The van der Waals surface area contributed by atoms with Gasteiger partial charge in [-0.3, -0.25) is 0 Å². The Bertz CT molecular complexity index is 286. The number of ether oxygens (including phenoxy) is 2. The molecule has 16 heavy (non-hydrogen) atoms. The van der Waals surface area contributed by atoms with E-state index in [0.717, 1.165) is 0 Å². The van der Waals surface area contributed by atoms with Crippen LogP contribution in [0.2, 0.25) is 0 Å². The van der Waals surface area contributed by atoms with E-state index in [4.69, 9.17) is 4.74 Å². The van der Waals surface area contributed by atoms with Gasteiger partial charge in [0.2, 0.25) is 0 Å². The lowest BCUT2D eigenvalue weighted by atomic mass is 10.0. The molecule has 1 aliphatic rings. The van der Waals surface area contributed by atoms with Crippen molar-refractivity contribution >= 4 is 5.97 Å². The molecule has 0 aromatic rings. The molecule has 6 heteroatoms. The second-order valence-electron chi connectivity index (χ2n) is 3.84. The second kappa shape index (κ2) is 4.86. The fourth-order valence-electron chi connectivity index (χ4n) is 1.28. The molecule has 3 nitrogen and oxygen atoms in total. The summed E-state index contributed by atoms with van der Waals surface area (Å²) in [7, 11) is 0. The Hall–Kier alpha value is -1.04. The summed E-state index contributed by atoms with van der Waals surface area (Å²) in [4.78, 5) is 10.5. The van der Waals surface area contributed by atoms with E-state index < -0.39 is 24.4 Å². The van der Waals surface area contributed by atoms with Crippen LogP contribution in [-0.2, 0) is 14.3 Å². The van der Waals surface area contributed by atoms with Gasteiger partial charge in [0.05, 0.1) is 6.61 Å². The molecule has 1 heterocycles. The summed E-state index contributed by atoms with van der Waals surface area (Å²) in [5, 5.41) is 0. The first-order chi connectivity index (χ1) is 7.33. The van der Waals surface area contributed by atoms with E-state index in [9.17, 15) is 18.0 Å². The molecular weight excluding hydrogens is 225 g/mol. The van der Waals surface area contributed by atoms with Gasteiger partial charge < -0.3 is 9.47 Å². The predicted molar refractivity (Wildman–Crippen MR) is 49.7 cm³/mol. The summed E-state index contributed by atoms with van der Waals surface area (Å²) in [6.07, 6.45) is -0.108. The number of halogens is 3. The second-order valence-corrected chi connectivity index (χ2v) is 3.84. The van der Waals surface area contributed by atoms with Crippen LogP contribution in [0.15, 0.2) is 12.2 Å². The summed E-state index contributed by atoms with van der Waals surface area (Å²) in [5.74, 6) is -2.18. The smallest absolute Gasteiger partial charge is 0.456 e. The molecule has 0 fully saturated rings. The fraction of sp³-hybridized carbons (Fsp3) is 0.700. The van der Waals surface area contributed by atoms with Gasteiger partial charge in [0, 0.05) is 0 Å². The van der Waals surface area contributed by atoms with Gasteiger partial charge in [0.1, 0.15) is 12.2 Å². The van der Waals surface area contributed by atoms with Gasteiger partial charge in [-0.25, -0.2) is 4.79 Å². The van der Waals surface area contributed by atoms with Crippen molar-refractivity contribution in [2.45, 2.75) is 31.5 Å². The van der Waals surface area contributed by atoms with Crippen molar-refractivity contribution < 1.29 is 27.4 Å². The first-order valence-corrected chi connectivity index (χ1v) is 4.86. The Labute approximate surface area is 91.2 Å². The van der Waals surface area contributed by atoms with Crippen LogP contribution in [-0.4, -0.2) is 31.0 Å². The molecule has 0 saturated heterocycles. The zero-order chi connectivity index (χ0) is 12.2. The first-order valence-electron chi connectivity index (χ1n) is 4.86. The monoisotopic (exact) mass is 238 g/mol. The van der Waals surface area contributed by atoms with Crippen molar-refractivity contribution in [2.75, 3.05) is 13.2 Å². The maximum Gasteiger partial charge on any atom is 0.490 e. The van der Waals surface area contributed by atoms with Crippen molar-refractivity contribution in [3.63, 3.8) is 0 Å². The van der Waals surface area contributed by atoms with E-state index in [1.165, 1.54) is 0 Å². The SMILES string of the molecule is CC1(COC(=O)C(F)(F)F)CC=CCCO1. The van der Waals surface area contributed by atoms with Crippen LogP contribution in [0.3, 0.4) is 0 Å². The molecule has 1 unspecified atom stereocenters. The van der Waals surface area contributed by atoms with E-state index in [-0.39, 0.29) is 0 Å². The largest absolute Gasteiger partial charge is 0.490 e. The summed E-state index contributed by atoms with van der Waals surface area (Å²) in [6.45, 7) is 1.64. The third-order valence-corrected chi connectivity index (χ3v) is 2.19. The third-order valence-electron chi connectivity index (χ3n) is 2.19. The van der Waals surface area contributed by atoms with Crippen molar-refractivity contribution in [3.05, 3.63) is 12.2 Å². The Balaban J connectivity index is 2.47. The minimum atomic E-state index is -4.95. The summed E-state index contributed by atoms with van der Waals surface area (Å²) in [6, 6.07) is 0. The van der Waals surface area contributed by atoms with Crippen molar-refractivity contribution in [3.8, 4) is 0 Å². The van der Waals surface area contributed by atoms with Gasteiger partial charge >= 0.3 is 12.1 Å². The molecule has 0 N–H and O–H groups in total. The molecule has 0 radical (unpaired) electrons. The highest BCUT2D eigenvalue weighted by atomic mass is 19.4. The lowest BCUT2D eigenvalue weighted by Crippen LogP contribution is -2.37. The Morgan fingerprint density at radius 3 is 2.81 bits per heavy atom. The van der Waals surface area contributed by atoms with Crippen LogP contribution < -0.4 is 0 Å². The standard InChI is InChI=1S/C10H13F3O3/c1-9(5-3-2-4-6-16-9)7-15-8(14)10(11,12)13/h2-3H,4-7H2,1H3. The molecule has 1 atom stereocenters. The molecule has 0 bridgehead atoms. The lowest BCUT2D eigenvalue weighted by molar-refractivity contribution is -0.206. The Morgan fingerprint density at radius 1 is 1.50 bits per heavy atom. The van der Waals surface area contributed by atoms with Crippen molar-refractivity contribution in [1.29, 1.82) is 0 Å². The number of hydrogen-bond donors (Lipinski definition) is 0. The zero-order valence-electron chi connectivity index (χ0n) is 8.84. The normalized spacial score (nSPS) is 26.2. The van der Waals surface area contributed by atoms with Crippen LogP contribution >= 0.6 is 0 Å². The number of hydrogen-bond acceptors (Lipinski definition) is 3. The lowest BCUT2D eigenvalue weighted by Gasteiger charge is -2.27. The van der Waals surface area contributed by atoms with Gasteiger partial charge in [0.25, 0.3) is 0 Å².